The number of fused-ring (bicyclic) bond motifs is 1. The lowest BCUT2D eigenvalue weighted by atomic mass is 10.1. The Balaban J connectivity index is 1.36. The van der Waals surface area contributed by atoms with Crippen LogP contribution in [0.2, 0.25) is 0 Å². The molecule has 1 saturated heterocycles. The Bertz CT molecular complexity index is 1340. The third-order valence-electron chi connectivity index (χ3n) is 6.40. The summed E-state index contributed by atoms with van der Waals surface area (Å²) in [6.07, 6.45) is 3.52. The number of piperidine rings is 1. The van der Waals surface area contributed by atoms with Crippen molar-refractivity contribution in [1.29, 1.82) is 0 Å². The molecule has 9 heteroatoms. The molecular weight excluding hydrogens is 434 g/mol. The van der Waals surface area contributed by atoms with E-state index in [0.717, 1.165) is 42.9 Å². The molecule has 0 radical (unpaired) electrons. The molecule has 0 spiro atoms. The van der Waals surface area contributed by atoms with E-state index in [1.54, 1.807) is 6.92 Å². The molecule has 3 heterocycles. The lowest BCUT2D eigenvalue weighted by Gasteiger charge is -2.28. The predicted molar refractivity (Wildman–Crippen MR) is 127 cm³/mol. The van der Waals surface area contributed by atoms with Gasteiger partial charge in [-0.2, -0.15) is 0 Å². The largest absolute Gasteiger partial charge is 0.489 e. The van der Waals surface area contributed by atoms with E-state index in [-0.39, 0.29) is 12.3 Å². The van der Waals surface area contributed by atoms with Crippen molar-refractivity contribution in [1.82, 2.24) is 15.5 Å². The molecule has 1 fully saturated rings. The van der Waals surface area contributed by atoms with E-state index >= 15 is 0 Å². The first-order valence-corrected chi connectivity index (χ1v) is 11.5. The zero-order valence-electron chi connectivity index (χ0n) is 19.6. The fourth-order valence-electron chi connectivity index (χ4n) is 4.22. The second kappa shape index (κ2) is 9.17. The summed E-state index contributed by atoms with van der Waals surface area (Å²) in [4.78, 5) is 15.4. The van der Waals surface area contributed by atoms with Crippen LogP contribution in [0.1, 0.15) is 52.2 Å². The molecule has 1 aliphatic heterocycles. The lowest BCUT2D eigenvalue weighted by Crippen LogP contribution is -2.29. The zero-order chi connectivity index (χ0) is 23.7. The van der Waals surface area contributed by atoms with Crippen LogP contribution in [0.3, 0.4) is 0 Å². The zero-order valence-corrected chi connectivity index (χ0v) is 19.6. The third kappa shape index (κ3) is 4.21. The maximum absolute atomic E-state index is 13.1. The lowest BCUT2D eigenvalue weighted by molar-refractivity contribution is 0.101. The number of amides is 1. The van der Waals surface area contributed by atoms with Gasteiger partial charge in [-0.25, -0.2) is 4.63 Å². The van der Waals surface area contributed by atoms with Crippen LogP contribution in [0.5, 0.6) is 5.75 Å². The number of aromatic nitrogens is 3. The fourth-order valence-corrected chi connectivity index (χ4v) is 4.22. The van der Waals surface area contributed by atoms with Crippen molar-refractivity contribution in [3.63, 3.8) is 0 Å². The monoisotopic (exact) mass is 461 g/mol. The van der Waals surface area contributed by atoms with Gasteiger partial charge in [-0.3, -0.25) is 4.79 Å². The van der Waals surface area contributed by atoms with Crippen LogP contribution in [-0.2, 0) is 6.61 Å². The van der Waals surface area contributed by atoms with Crippen molar-refractivity contribution in [2.45, 2.75) is 46.6 Å². The molecule has 1 amide bonds. The van der Waals surface area contributed by atoms with Crippen molar-refractivity contribution in [3.05, 3.63) is 58.5 Å². The van der Waals surface area contributed by atoms with Crippen LogP contribution in [0.25, 0.3) is 11.0 Å². The van der Waals surface area contributed by atoms with Crippen molar-refractivity contribution in [2.24, 2.45) is 0 Å². The summed E-state index contributed by atoms with van der Waals surface area (Å²) >= 11 is 0. The SMILES string of the molecule is Cc1ccc(OCc2c(C(=O)Nc3ccc(N4CCCCC4)c4nonc34)noc2C)cc1C. The number of anilines is 2. The molecule has 1 aliphatic rings. The van der Waals surface area contributed by atoms with Crippen LogP contribution >= 0.6 is 0 Å². The summed E-state index contributed by atoms with van der Waals surface area (Å²) in [5.41, 5.74) is 5.70. The number of hydrogen-bond acceptors (Lipinski definition) is 8. The first kappa shape index (κ1) is 21.9. The molecule has 9 nitrogen and oxygen atoms in total. The number of nitrogens with zero attached hydrogens (tertiary/aromatic N) is 4. The van der Waals surface area contributed by atoms with E-state index in [0.29, 0.717) is 28.0 Å². The van der Waals surface area contributed by atoms with E-state index in [4.69, 9.17) is 13.9 Å². The highest BCUT2D eigenvalue weighted by Gasteiger charge is 2.24. The number of ether oxygens (including phenoxy) is 1. The van der Waals surface area contributed by atoms with Crippen molar-refractivity contribution in [2.75, 3.05) is 23.3 Å². The van der Waals surface area contributed by atoms with E-state index in [1.807, 2.05) is 44.2 Å². The van der Waals surface area contributed by atoms with Gasteiger partial charge in [-0.05, 0) is 85.7 Å². The minimum Gasteiger partial charge on any atom is -0.489 e. The minimum absolute atomic E-state index is 0.162. The number of carbonyl (C=O) groups excluding carboxylic acids is 1. The van der Waals surface area contributed by atoms with Gasteiger partial charge in [-0.1, -0.05) is 11.2 Å². The molecular formula is C25H27N5O4. The van der Waals surface area contributed by atoms with Gasteiger partial charge in [0.1, 0.15) is 18.1 Å². The van der Waals surface area contributed by atoms with Crippen LogP contribution in [0.4, 0.5) is 11.4 Å². The smallest absolute Gasteiger partial charge is 0.278 e. The van der Waals surface area contributed by atoms with Crippen LogP contribution in [0, 0.1) is 20.8 Å². The Hall–Kier alpha value is -3.88. The van der Waals surface area contributed by atoms with Gasteiger partial charge in [-0.15, -0.1) is 0 Å². The van der Waals surface area contributed by atoms with Gasteiger partial charge in [0.05, 0.1) is 16.9 Å². The highest BCUT2D eigenvalue weighted by molar-refractivity contribution is 6.09. The molecule has 1 N–H and O–H groups in total. The maximum Gasteiger partial charge on any atom is 0.278 e. The Labute approximate surface area is 197 Å². The molecule has 0 saturated carbocycles. The summed E-state index contributed by atoms with van der Waals surface area (Å²) in [7, 11) is 0. The summed E-state index contributed by atoms with van der Waals surface area (Å²) in [5.74, 6) is 0.840. The number of carbonyl (C=O) groups is 1. The topological polar surface area (TPSA) is 107 Å². The highest BCUT2D eigenvalue weighted by Crippen LogP contribution is 2.32. The fraction of sp³-hybridized carbons (Fsp3) is 0.360. The van der Waals surface area contributed by atoms with Crippen molar-refractivity contribution >= 4 is 28.3 Å². The molecule has 0 bridgehead atoms. The Morgan fingerprint density at radius 1 is 1.00 bits per heavy atom. The van der Waals surface area contributed by atoms with Gasteiger partial charge < -0.3 is 19.5 Å². The molecule has 2 aromatic heterocycles. The van der Waals surface area contributed by atoms with Gasteiger partial charge in [0.2, 0.25) is 0 Å². The van der Waals surface area contributed by atoms with Gasteiger partial charge in [0, 0.05) is 13.1 Å². The van der Waals surface area contributed by atoms with E-state index in [2.05, 4.69) is 25.7 Å². The van der Waals surface area contributed by atoms with Crippen LogP contribution in [-0.4, -0.2) is 34.5 Å². The molecule has 0 atom stereocenters. The van der Waals surface area contributed by atoms with E-state index in [9.17, 15) is 4.79 Å². The maximum atomic E-state index is 13.1. The highest BCUT2D eigenvalue weighted by atomic mass is 16.6. The molecule has 2 aromatic carbocycles. The molecule has 176 valence electrons. The van der Waals surface area contributed by atoms with E-state index in [1.165, 1.54) is 12.0 Å². The summed E-state index contributed by atoms with van der Waals surface area (Å²) in [6, 6.07) is 9.65. The summed E-state index contributed by atoms with van der Waals surface area (Å²) in [5, 5.41) is 15.0. The number of benzene rings is 2. The Kier molecular flexibility index (Phi) is 5.91. The average Bonchev–Trinajstić information content (AvgIpc) is 3.48. The first-order valence-electron chi connectivity index (χ1n) is 11.5. The third-order valence-corrected chi connectivity index (χ3v) is 6.40. The van der Waals surface area contributed by atoms with Gasteiger partial charge >= 0.3 is 0 Å². The quantitative estimate of drug-likeness (QED) is 0.429. The van der Waals surface area contributed by atoms with Crippen molar-refractivity contribution < 1.29 is 18.7 Å². The van der Waals surface area contributed by atoms with Gasteiger partial charge in [0.25, 0.3) is 5.91 Å². The van der Waals surface area contributed by atoms with E-state index < -0.39 is 5.91 Å². The number of aryl methyl sites for hydroxylation is 3. The van der Waals surface area contributed by atoms with Crippen LogP contribution < -0.4 is 15.0 Å². The standard InChI is InChI=1S/C25H27N5O4/c1-15-7-8-18(13-16(15)2)32-14-19-17(3)33-27-22(19)25(31)26-20-9-10-21(24-23(20)28-34-29-24)30-11-5-4-6-12-30/h7-10,13H,4-6,11-12,14H2,1-3H3,(H,26,31). The normalized spacial score (nSPS) is 13.9. The predicted octanol–water partition coefficient (Wildman–Crippen LogP) is 4.96. The second-order valence-electron chi connectivity index (χ2n) is 8.70. The van der Waals surface area contributed by atoms with Gasteiger partial charge in [0.15, 0.2) is 16.7 Å². The number of hydrogen-bond donors (Lipinski definition) is 1. The number of nitrogens with one attached hydrogen (secondary N) is 1. The molecule has 34 heavy (non-hydrogen) atoms. The average molecular weight is 462 g/mol. The first-order chi connectivity index (χ1) is 16.5. The second-order valence-corrected chi connectivity index (χ2v) is 8.70. The Morgan fingerprint density at radius 2 is 1.79 bits per heavy atom. The number of rotatable bonds is 6. The Morgan fingerprint density at radius 3 is 2.59 bits per heavy atom. The minimum atomic E-state index is -0.412. The molecule has 4 aromatic rings. The van der Waals surface area contributed by atoms with Crippen LogP contribution in [0.15, 0.2) is 39.5 Å². The molecule has 0 unspecified atom stereocenters. The molecule has 0 aliphatic carbocycles. The molecule has 5 rings (SSSR count). The summed E-state index contributed by atoms with van der Waals surface area (Å²) < 4.78 is 16.3. The van der Waals surface area contributed by atoms with Crippen molar-refractivity contribution in [3.8, 4) is 5.75 Å². The summed E-state index contributed by atoms with van der Waals surface area (Å²) in [6.45, 7) is 7.94.